The molecule has 0 bridgehead atoms. The first-order valence-electron chi connectivity index (χ1n) is 13.5. The molecule has 3 aromatic rings. The Kier molecular flexibility index (Phi) is 6.67. The van der Waals surface area contributed by atoms with Crippen LogP contribution in [0, 0.1) is 11.7 Å². The standard InChI is InChI=1S/C29H34FN5O2/c1-33-28(36)17-25(23-12-13-31-18-24(23)30)32-29(33)34-15-16-37-27(19-34)21-8-10-22(11-9-21)35-14-4-6-20-5-2-3-7-26(20)35/h8-13,17-18,20,26-27H,2-7,14-16,19H2,1H3/t20-,26+,27-/m1/s1. The molecule has 0 radical (unpaired) electrons. The van der Waals surface area contributed by atoms with Crippen molar-refractivity contribution in [2.45, 2.75) is 50.7 Å². The molecule has 2 aromatic heterocycles. The number of hydrogen-bond donors (Lipinski definition) is 0. The second kappa shape index (κ2) is 10.2. The van der Waals surface area contributed by atoms with E-state index in [9.17, 15) is 9.18 Å². The Morgan fingerprint density at radius 3 is 2.68 bits per heavy atom. The zero-order chi connectivity index (χ0) is 25.4. The summed E-state index contributed by atoms with van der Waals surface area (Å²) < 4.78 is 22.0. The number of hydrogen-bond acceptors (Lipinski definition) is 6. The average molecular weight is 504 g/mol. The molecule has 8 heteroatoms. The summed E-state index contributed by atoms with van der Waals surface area (Å²) in [7, 11) is 1.70. The number of fused-ring (bicyclic) bond motifs is 1. The summed E-state index contributed by atoms with van der Waals surface area (Å²) in [4.78, 5) is 25.9. The normalized spacial score (nSPS) is 24.1. The highest BCUT2D eigenvalue weighted by Gasteiger charge is 2.33. The summed E-state index contributed by atoms with van der Waals surface area (Å²) in [5, 5.41) is 0. The first kappa shape index (κ1) is 24.1. The Morgan fingerprint density at radius 1 is 1.03 bits per heavy atom. The smallest absolute Gasteiger partial charge is 0.255 e. The molecule has 3 atom stereocenters. The van der Waals surface area contributed by atoms with Crippen LogP contribution in [0.15, 0.2) is 53.6 Å². The van der Waals surface area contributed by atoms with Crippen molar-refractivity contribution in [1.29, 1.82) is 0 Å². The van der Waals surface area contributed by atoms with E-state index in [4.69, 9.17) is 4.74 Å². The van der Waals surface area contributed by atoms with Crippen molar-refractivity contribution in [3.05, 3.63) is 70.5 Å². The Morgan fingerprint density at radius 2 is 1.84 bits per heavy atom. The molecule has 0 N–H and O–H groups in total. The maximum atomic E-state index is 14.4. The molecule has 2 aliphatic heterocycles. The third-order valence-corrected chi connectivity index (χ3v) is 8.35. The van der Waals surface area contributed by atoms with Gasteiger partial charge in [-0.3, -0.25) is 14.3 Å². The van der Waals surface area contributed by atoms with Crippen LogP contribution in [0.2, 0.25) is 0 Å². The van der Waals surface area contributed by atoms with Crippen LogP contribution in [0.3, 0.4) is 0 Å². The predicted molar refractivity (Wildman–Crippen MR) is 142 cm³/mol. The number of piperidine rings is 1. The molecule has 1 aliphatic carbocycles. The fourth-order valence-electron chi connectivity index (χ4n) is 6.39. The molecule has 6 rings (SSSR count). The fraction of sp³-hybridized carbons (Fsp3) is 0.483. The van der Waals surface area contributed by atoms with E-state index in [0.717, 1.165) is 24.2 Å². The van der Waals surface area contributed by atoms with Gasteiger partial charge in [0.15, 0.2) is 5.82 Å². The molecule has 0 unspecified atom stereocenters. The van der Waals surface area contributed by atoms with Crippen LogP contribution in [-0.4, -0.2) is 46.8 Å². The fourth-order valence-corrected chi connectivity index (χ4v) is 6.39. The number of benzene rings is 1. The summed E-state index contributed by atoms with van der Waals surface area (Å²) in [5.41, 5.74) is 2.78. The van der Waals surface area contributed by atoms with Gasteiger partial charge in [0.2, 0.25) is 5.95 Å². The summed E-state index contributed by atoms with van der Waals surface area (Å²) in [5.74, 6) is 0.857. The summed E-state index contributed by atoms with van der Waals surface area (Å²) >= 11 is 0. The summed E-state index contributed by atoms with van der Waals surface area (Å²) in [6, 6.07) is 12.5. The van der Waals surface area contributed by atoms with Crippen molar-refractivity contribution >= 4 is 11.6 Å². The zero-order valence-electron chi connectivity index (χ0n) is 21.4. The van der Waals surface area contributed by atoms with Gasteiger partial charge in [-0.15, -0.1) is 0 Å². The second-order valence-corrected chi connectivity index (χ2v) is 10.5. The molecule has 0 spiro atoms. The van der Waals surface area contributed by atoms with E-state index >= 15 is 0 Å². The van der Waals surface area contributed by atoms with Crippen molar-refractivity contribution in [2.24, 2.45) is 13.0 Å². The molecule has 0 amide bonds. The first-order valence-corrected chi connectivity index (χ1v) is 13.5. The van der Waals surface area contributed by atoms with Gasteiger partial charge in [-0.05, 0) is 55.4 Å². The molecule has 194 valence electrons. The minimum atomic E-state index is -0.498. The summed E-state index contributed by atoms with van der Waals surface area (Å²) in [6.07, 6.45) is 10.6. The number of pyridine rings is 1. The Labute approximate surface area is 216 Å². The Bertz CT molecular complexity index is 1310. The highest BCUT2D eigenvalue weighted by atomic mass is 19.1. The van der Waals surface area contributed by atoms with E-state index in [-0.39, 0.29) is 17.2 Å². The van der Waals surface area contributed by atoms with Gasteiger partial charge in [0.1, 0.15) is 6.10 Å². The van der Waals surface area contributed by atoms with E-state index in [1.807, 2.05) is 0 Å². The van der Waals surface area contributed by atoms with E-state index in [2.05, 4.69) is 44.0 Å². The molecule has 3 aliphatic rings. The quantitative estimate of drug-likeness (QED) is 0.514. The van der Waals surface area contributed by atoms with Crippen molar-refractivity contribution in [3.63, 3.8) is 0 Å². The minimum absolute atomic E-state index is 0.134. The SMILES string of the molecule is Cn1c(N2CCO[C@@H](c3ccc(N4CCC[C@H]5CCCC[C@@H]54)cc3)C2)nc(-c2ccncc2F)cc1=O. The lowest BCUT2D eigenvalue weighted by atomic mass is 9.78. The lowest BCUT2D eigenvalue weighted by molar-refractivity contribution is 0.0390. The van der Waals surface area contributed by atoms with Crippen LogP contribution in [0.1, 0.15) is 50.2 Å². The van der Waals surface area contributed by atoms with Gasteiger partial charge < -0.3 is 14.5 Å². The molecule has 37 heavy (non-hydrogen) atoms. The highest BCUT2D eigenvalue weighted by molar-refractivity contribution is 5.60. The van der Waals surface area contributed by atoms with Crippen LogP contribution >= 0.6 is 0 Å². The average Bonchev–Trinajstić information content (AvgIpc) is 2.94. The van der Waals surface area contributed by atoms with Crippen molar-refractivity contribution in [2.75, 3.05) is 36.0 Å². The monoisotopic (exact) mass is 503 g/mol. The third-order valence-electron chi connectivity index (χ3n) is 8.35. The van der Waals surface area contributed by atoms with Crippen LogP contribution in [0.4, 0.5) is 16.0 Å². The minimum Gasteiger partial charge on any atom is -0.370 e. The van der Waals surface area contributed by atoms with Gasteiger partial charge in [0.25, 0.3) is 5.56 Å². The van der Waals surface area contributed by atoms with E-state index in [0.29, 0.717) is 37.4 Å². The molecule has 4 heterocycles. The number of ether oxygens (including phenoxy) is 1. The second-order valence-electron chi connectivity index (χ2n) is 10.5. The maximum absolute atomic E-state index is 14.4. The van der Waals surface area contributed by atoms with E-state index in [1.165, 1.54) is 61.0 Å². The van der Waals surface area contributed by atoms with Crippen molar-refractivity contribution in [1.82, 2.24) is 14.5 Å². The van der Waals surface area contributed by atoms with Crippen LogP contribution in [-0.2, 0) is 11.8 Å². The van der Waals surface area contributed by atoms with E-state index in [1.54, 1.807) is 13.1 Å². The number of morpholine rings is 1. The Balaban J connectivity index is 1.22. The van der Waals surface area contributed by atoms with Crippen molar-refractivity contribution < 1.29 is 9.13 Å². The Hall–Kier alpha value is -3.26. The number of anilines is 2. The van der Waals surface area contributed by atoms with Gasteiger partial charge >= 0.3 is 0 Å². The molecule has 2 saturated heterocycles. The molecule has 1 saturated carbocycles. The number of rotatable bonds is 4. The van der Waals surface area contributed by atoms with Crippen LogP contribution < -0.4 is 15.4 Å². The number of nitrogens with zero attached hydrogens (tertiary/aromatic N) is 5. The van der Waals surface area contributed by atoms with Crippen LogP contribution in [0.25, 0.3) is 11.3 Å². The van der Waals surface area contributed by atoms with Gasteiger partial charge in [-0.25, -0.2) is 9.37 Å². The van der Waals surface area contributed by atoms with E-state index < -0.39 is 5.82 Å². The molecule has 3 fully saturated rings. The highest BCUT2D eigenvalue weighted by Crippen LogP contribution is 2.38. The summed E-state index contributed by atoms with van der Waals surface area (Å²) in [6.45, 7) is 2.83. The maximum Gasteiger partial charge on any atom is 0.255 e. The number of aromatic nitrogens is 3. The van der Waals surface area contributed by atoms with Gasteiger partial charge in [0, 0.05) is 49.7 Å². The zero-order valence-corrected chi connectivity index (χ0v) is 21.4. The van der Waals surface area contributed by atoms with Crippen molar-refractivity contribution in [3.8, 4) is 11.3 Å². The lowest BCUT2D eigenvalue weighted by Gasteiger charge is -2.45. The van der Waals surface area contributed by atoms with Gasteiger partial charge in [-0.1, -0.05) is 25.0 Å². The molecular formula is C29H34FN5O2. The topological polar surface area (TPSA) is 63.5 Å². The van der Waals surface area contributed by atoms with Gasteiger partial charge in [0.05, 0.1) is 25.0 Å². The largest absolute Gasteiger partial charge is 0.370 e. The molecule has 1 aromatic carbocycles. The van der Waals surface area contributed by atoms with Gasteiger partial charge in [-0.2, -0.15) is 0 Å². The predicted octanol–water partition coefficient (Wildman–Crippen LogP) is 4.72. The van der Waals surface area contributed by atoms with Crippen LogP contribution in [0.5, 0.6) is 0 Å². The number of halogens is 1. The first-order chi connectivity index (χ1) is 18.1. The molecular weight excluding hydrogens is 469 g/mol. The third kappa shape index (κ3) is 4.75. The lowest BCUT2D eigenvalue weighted by Crippen LogP contribution is -2.46. The molecule has 7 nitrogen and oxygen atoms in total.